The molecule has 30 heavy (non-hydrogen) atoms. The van der Waals surface area contributed by atoms with Crippen LogP contribution in [0.15, 0.2) is 54.6 Å². The van der Waals surface area contributed by atoms with Crippen LogP contribution < -0.4 is 10.1 Å². The molecule has 0 bridgehead atoms. The predicted octanol–water partition coefficient (Wildman–Crippen LogP) is 4.06. The third-order valence-electron chi connectivity index (χ3n) is 5.38. The average molecular weight is 430 g/mol. The Kier molecular flexibility index (Phi) is 8.31. The number of rotatable bonds is 10. The highest BCUT2D eigenvalue weighted by Gasteiger charge is 2.17. The summed E-state index contributed by atoms with van der Waals surface area (Å²) in [7, 11) is -3.41. The van der Waals surface area contributed by atoms with Crippen molar-refractivity contribution < 1.29 is 17.9 Å². The molecule has 1 amide bonds. The molecule has 1 saturated carbocycles. The van der Waals surface area contributed by atoms with E-state index in [4.69, 9.17) is 4.74 Å². The molecule has 0 atom stereocenters. The Morgan fingerprint density at radius 3 is 2.33 bits per heavy atom. The first-order chi connectivity index (χ1) is 14.5. The van der Waals surface area contributed by atoms with Crippen LogP contribution in [0, 0.1) is 0 Å². The van der Waals surface area contributed by atoms with Gasteiger partial charge in [-0.3, -0.25) is 4.79 Å². The highest BCUT2D eigenvalue weighted by Crippen LogP contribution is 2.23. The summed E-state index contributed by atoms with van der Waals surface area (Å²) in [5.74, 6) is -0.0668. The maximum atomic E-state index is 12.2. The van der Waals surface area contributed by atoms with Crippen LogP contribution >= 0.6 is 0 Å². The van der Waals surface area contributed by atoms with Gasteiger partial charge >= 0.3 is 0 Å². The fourth-order valence-corrected chi connectivity index (χ4v) is 4.96. The lowest BCUT2D eigenvalue weighted by molar-refractivity contribution is -0.118. The van der Waals surface area contributed by atoms with Gasteiger partial charge in [0, 0.05) is 6.54 Å². The molecule has 0 unspecified atom stereocenters. The van der Waals surface area contributed by atoms with Crippen LogP contribution in [0.2, 0.25) is 0 Å². The molecule has 0 aromatic heterocycles. The number of carbonyl (C=O) groups excluding carboxylic acids is 1. The van der Waals surface area contributed by atoms with Gasteiger partial charge in [0.25, 0.3) is 0 Å². The van der Waals surface area contributed by atoms with Crippen LogP contribution in [0.25, 0.3) is 0 Å². The molecule has 0 saturated heterocycles. The summed E-state index contributed by atoms with van der Waals surface area (Å²) in [6.45, 7) is 0.308. The van der Waals surface area contributed by atoms with E-state index in [2.05, 4.69) is 5.32 Å². The van der Waals surface area contributed by atoms with Gasteiger partial charge in [-0.25, -0.2) is 8.42 Å². The largest absolute Gasteiger partial charge is 0.490 e. The maximum Gasteiger partial charge on any atom is 0.235 e. The van der Waals surface area contributed by atoms with Crippen LogP contribution in [0.1, 0.15) is 49.7 Å². The molecule has 2 aromatic carbocycles. The molecule has 0 radical (unpaired) electrons. The minimum atomic E-state index is -3.41. The monoisotopic (exact) mass is 429 g/mol. The zero-order valence-electron chi connectivity index (χ0n) is 17.4. The van der Waals surface area contributed by atoms with E-state index in [9.17, 15) is 13.2 Å². The molecule has 1 N–H and O–H groups in total. The second kappa shape index (κ2) is 11.2. The zero-order valence-corrected chi connectivity index (χ0v) is 18.2. The van der Waals surface area contributed by atoms with E-state index >= 15 is 0 Å². The van der Waals surface area contributed by atoms with Crippen molar-refractivity contribution in [2.45, 2.75) is 57.6 Å². The molecule has 1 aliphatic rings. The van der Waals surface area contributed by atoms with Gasteiger partial charge in [0.15, 0.2) is 9.84 Å². The summed E-state index contributed by atoms with van der Waals surface area (Å²) >= 11 is 0. The highest BCUT2D eigenvalue weighted by atomic mass is 32.2. The number of aryl methyl sites for hydroxylation is 1. The van der Waals surface area contributed by atoms with Gasteiger partial charge in [0.1, 0.15) is 11.5 Å². The van der Waals surface area contributed by atoms with Gasteiger partial charge in [0.05, 0.1) is 11.9 Å². The van der Waals surface area contributed by atoms with Crippen molar-refractivity contribution in [2.24, 2.45) is 0 Å². The van der Waals surface area contributed by atoms with Crippen molar-refractivity contribution >= 4 is 15.7 Å². The summed E-state index contributed by atoms with van der Waals surface area (Å²) in [6, 6.07) is 17.4. The van der Waals surface area contributed by atoms with E-state index in [-0.39, 0.29) is 5.75 Å². The van der Waals surface area contributed by atoms with Crippen molar-refractivity contribution in [3.63, 3.8) is 0 Å². The SMILES string of the molecule is O=C(CS(=O)(=O)CCCc1ccccc1)NCc1ccc(OC2CCCCC2)cc1. The third kappa shape index (κ3) is 7.82. The number of sulfone groups is 1. The number of carbonyl (C=O) groups is 1. The van der Waals surface area contributed by atoms with E-state index in [1.165, 1.54) is 19.3 Å². The smallest absolute Gasteiger partial charge is 0.235 e. The molecular weight excluding hydrogens is 398 g/mol. The zero-order chi connectivity index (χ0) is 21.2. The molecule has 162 valence electrons. The van der Waals surface area contributed by atoms with Gasteiger partial charge in [-0.05, 0) is 61.8 Å². The minimum absolute atomic E-state index is 0.0164. The van der Waals surface area contributed by atoms with Crippen LogP contribution in [-0.4, -0.2) is 31.9 Å². The molecule has 3 rings (SSSR count). The first kappa shape index (κ1) is 22.3. The fourth-order valence-electron chi connectivity index (χ4n) is 3.73. The third-order valence-corrected chi connectivity index (χ3v) is 7.00. The Labute approximate surface area is 179 Å². The average Bonchev–Trinajstić information content (AvgIpc) is 2.74. The summed E-state index contributed by atoms with van der Waals surface area (Å²) in [6.07, 6.45) is 7.47. The normalized spacial score (nSPS) is 14.9. The molecular formula is C24H31NO4S. The summed E-state index contributed by atoms with van der Waals surface area (Å²) in [5.41, 5.74) is 2.02. The molecule has 1 aliphatic carbocycles. The second-order valence-corrected chi connectivity index (χ2v) is 10.2. The van der Waals surface area contributed by atoms with Crippen molar-refractivity contribution in [3.8, 4) is 5.75 Å². The number of hydrogen-bond acceptors (Lipinski definition) is 4. The van der Waals surface area contributed by atoms with Gasteiger partial charge in [-0.1, -0.05) is 48.9 Å². The molecule has 2 aromatic rings. The maximum absolute atomic E-state index is 12.2. The van der Waals surface area contributed by atoms with E-state index in [1.807, 2.05) is 54.6 Å². The number of ether oxygens (including phenoxy) is 1. The van der Waals surface area contributed by atoms with Crippen LogP contribution in [-0.2, 0) is 27.6 Å². The van der Waals surface area contributed by atoms with Gasteiger partial charge in [-0.15, -0.1) is 0 Å². The van der Waals surface area contributed by atoms with Gasteiger partial charge in [0.2, 0.25) is 5.91 Å². The van der Waals surface area contributed by atoms with Crippen LogP contribution in [0.3, 0.4) is 0 Å². The molecule has 0 aliphatic heterocycles. The lowest BCUT2D eigenvalue weighted by Gasteiger charge is -2.23. The summed E-state index contributed by atoms with van der Waals surface area (Å²) in [4.78, 5) is 12.1. The van der Waals surface area contributed by atoms with Crippen molar-refractivity contribution in [1.82, 2.24) is 5.32 Å². The van der Waals surface area contributed by atoms with Crippen molar-refractivity contribution in [2.75, 3.05) is 11.5 Å². The van der Waals surface area contributed by atoms with Gasteiger partial charge < -0.3 is 10.1 Å². The Bertz CT molecular complexity index is 889. The van der Waals surface area contributed by atoms with E-state index in [0.717, 1.165) is 29.7 Å². The topological polar surface area (TPSA) is 72.5 Å². The Balaban J connectivity index is 1.37. The van der Waals surface area contributed by atoms with Crippen molar-refractivity contribution in [1.29, 1.82) is 0 Å². The quantitative estimate of drug-likeness (QED) is 0.618. The van der Waals surface area contributed by atoms with E-state index in [0.29, 0.717) is 25.5 Å². The number of hydrogen-bond donors (Lipinski definition) is 1. The predicted molar refractivity (Wildman–Crippen MR) is 119 cm³/mol. The van der Waals surface area contributed by atoms with Gasteiger partial charge in [-0.2, -0.15) is 0 Å². The Morgan fingerprint density at radius 2 is 1.63 bits per heavy atom. The second-order valence-electron chi connectivity index (χ2n) is 7.98. The summed E-state index contributed by atoms with van der Waals surface area (Å²) < 4.78 is 30.4. The molecule has 5 nitrogen and oxygen atoms in total. The summed E-state index contributed by atoms with van der Waals surface area (Å²) in [5, 5.41) is 2.71. The number of amides is 1. The standard InChI is InChI=1S/C24H31NO4S/c26-24(19-30(27,28)17-7-10-20-8-3-1-4-9-20)25-18-21-13-15-23(16-14-21)29-22-11-5-2-6-12-22/h1,3-4,8-9,13-16,22H,2,5-7,10-12,17-19H2,(H,25,26). The van der Waals surface area contributed by atoms with Crippen LogP contribution in [0.4, 0.5) is 0 Å². The molecule has 6 heteroatoms. The first-order valence-corrected chi connectivity index (χ1v) is 12.6. The van der Waals surface area contributed by atoms with E-state index < -0.39 is 21.5 Å². The number of benzene rings is 2. The fraction of sp³-hybridized carbons (Fsp3) is 0.458. The highest BCUT2D eigenvalue weighted by molar-refractivity contribution is 7.92. The first-order valence-electron chi connectivity index (χ1n) is 10.8. The lowest BCUT2D eigenvalue weighted by Crippen LogP contribution is -2.31. The Morgan fingerprint density at radius 1 is 0.933 bits per heavy atom. The molecule has 0 heterocycles. The molecule has 0 spiro atoms. The molecule has 1 fully saturated rings. The van der Waals surface area contributed by atoms with Crippen LogP contribution in [0.5, 0.6) is 5.75 Å². The van der Waals surface area contributed by atoms with E-state index in [1.54, 1.807) is 0 Å². The minimum Gasteiger partial charge on any atom is -0.490 e. The lowest BCUT2D eigenvalue weighted by atomic mass is 9.98. The Hall–Kier alpha value is -2.34. The van der Waals surface area contributed by atoms with Crippen molar-refractivity contribution in [3.05, 3.63) is 65.7 Å². The number of nitrogens with one attached hydrogen (secondary N) is 1.